The molecule has 20 aromatic carbocycles. The third kappa shape index (κ3) is 24.9. The van der Waals surface area contributed by atoms with Crippen LogP contribution in [0.3, 0.4) is 0 Å². The maximum absolute atomic E-state index is 15.3. The molecule has 0 spiro atoms. The van der Waals surface area contributed by atoms with Crippen LogP contribution in [0.15, 0.2) is 437 Å². The number of phenols is 4. The van der Waals surface area contributed by atoms with Crippen LogP contribution in [0.4, 0.5) is 17.6 Å². The third-order valence-corrected chi connectivity index (χ3v) is 26.5. The van der Waals surface area contributed by atoms with Crippen LogP contribution in [0.2, 0.25) is 0 Å². The van der Waals surface area contributed by atoms with Gasteiger partial charge in [0.2, 0.25) is 0 Å². The Morgan fingerprint density at radius 3 is 0.600 bits per heavy atom. The first kappa shape index (κ1) is 108. The Labute approximate surface area is 897 Å². The standard InChI is InChI=1S/2C67H54F2O4.CH4.2CH3.Zr/c2*1-42-29-58(54-36-50(46-17-9-5-10-18-46)34-51(37-54)47-19-11-6-12-20-47)66(70)62(31-42)60-40-56(68)25-27-64(60)72-44(3)33-45(4)73-65-28-26-57(69)41-61(65)63-32-43(2)30-59(67(63)71)55-38-52(48-21-13-7-14-22-48)35-53(39-55)49-23-15-8-16-24-49;;;;/h2*5-32,34-41,44-45,70-71H,33H2,1-4H3;1H4;2*1H3;/q;;;2*-1;/p+2/t2*44-,45+;;;;. The number of aryl methyl sites for hydroxylation is 4. The van der Waals surface area contributed by atoms with Crippen LogP contribution in [0, 0.1) is 65.8 Å². The van der Waals surface area contributed by atoms with Crippen molar-refractivity contribution >= 4 is 0 Å². The van der Waals surface area contributed by atoms with Crippen LogP contribution in [0.1, 0.15) is 70.2 Å². The fourth-order valence-electron chi connectivity index (χ4n) is 19.7. The van der Waals surface area contributed by atoms with Gasteiger partial charge < -0.3 is 54.2 Å². The van der Waals surface area contributed by atoms with Crippen LogP contribution in [0.25, 0.3) is 178 Å². The summed E-state index contributed by atoms with van der Waals surface area (Å²) in [6.45, 7) is 15.6. The summed E-state index contributed by atoms with van der Waals surface area (Å²) in [7, 11) is 0. The van der Waals surface area contributed by atoms with Crippen molar-refractivity contribution in [3.63, 3.8) is 0 Å². The first-order valence-corrected chi connectivity index (χ1v) is 49.2. The summed E-state index contributed by atoms with van der Waals surface area (Å²) in [5.74, 6) is 0.0584. The van der Waals surface area contributed by atoms with Crippen molar-refractivity contribution in [3.8, 4) is 224 Å². The van der Waals surface area contributed by atoms with Crippen LogP contribution in [-0.4, -0.2) is 54.3 Å². The summed E-state index contributed by atoms with van der Waals surface area (Å²) >= 11 is 0. The van der Waals surface area contributed by atoms with E-state index in [4.69, 9.17) is 18.9 Å². The average Bonchev–Trinajstić information content (AvgIpc) is 0.778. The molecule has 0 aromatic heterocycles. The van der Waals surface area contributed by atoms with Crippen molar-refractivity contribution < 1.29 is 83.1 Å². The zero-order valence-electron chi connectivity index (χ0n) is 84.8. The molecule has 0 aliphatic heterocycles. The van der Waals surface area contributed by atoms with Gasteiger partial charge in [-0.25, -0.2) is 17.6 Å². The molecule has 0 fully saturated rings. The fraction of sp³-hybridized carbons (Fsp3) is 0.109. The Hall–Kier alpha value is -16.6. The minimum atomic E-state index is -0.474. The number of rotatable bonds is 28. The predicted octanol–water partition coefficient (Wildman–Crippen LogP) is 37.2. The molecule has 20 rings (SSSR count). The Bertz CT molecular complexity index is 6930. The molecular formula is C137H120F4O8Zr. The number of aromatic hydroxyl groups is 6. The summed E-state index contributed by atoms with van der Waals surface area (Å²) in [5, 5.41) is 49.0. The van der Waals surface area contributed by atoms with Gasteiger partial charge in [-0.2, -0.15) is 0 Å². The molecule has 20 aromatic rings. The van der Waals surface area contributed by atoms with Gasteiger partial charge in [-0.15, -0.1) is 0 Å². The molecule has 13 heteroatoms. The number of hydrogen-bond acceptors (Lipinski definition) is 6. The maximum atomic E-state index is 15.3. The second kappa shape index (κ2) is 48.4. The Kier molecular flexibility index (Phi) is 34.7. The van der Waals surface area contributed by atoms with E-state index in [9.17, 15) is 20.4 Å². The predicted molar refractivity (Wildman–Crippen MR) is 609 cm³/mol. The average molecular weight is 2060 g/mol. The van der Waals surface area contributed by atoms with E-state index < -0.39 is 35.5 Å². The second-order valence-electron chi connectivity index (χ2n) is 37.8. The van der Waals surface area contributed by atoms with Gasteiger partial charge in [0.15, 0.2) is 12.2 Å². The van der Waals surface area contributed by atoms with Crippen LogP contribution in [-0.2, 0) is 26.2 Å². The Balaban J connectivity index is 0.000000218. The van der Waals surface area contributed by atoms with Gasteiger partial charge in [-0.05, 0) is 357 Å². The van der Waals surface area contributed by atoms with Crippen molar-refractivity contribution in [2.75, 3.05) is 0 Å². The number of phenolic OH excluding ortho intramolecular Hbond substituents is 4. The van der Waals surface area contributed by atoms with Crippen LogP contribution < -0.4 is 9.47 Å². The number of hydrogen-bond donors (Lipinski definition) is 4. The molecule has 0 aliphatic rings. The van der Waals surface area contributed by atoms with Gasteiger partial charge in [-0.1, -0.05) is 250 Å². The second-order valence-corrected chi connectivity index (χ2v) is 37.8. The molecule has 0 saturated heterocycles. The third-order valence-electron chi connectivity index (χ3n) is 26.5. The summed E-state index contributed by atoms with van der Waals surface area (Å²) in [6, 6.07) is 139. The SMILES string of the molecule is C.Cc1cc(-c2cc(-c3ccccc3)cc(-c3ccccc3)c2)c(O)c(-c2cc(F)ccc2O[C@H](C)C[C@H](C)Oc2ccc(F)cc2-c2cc(C)cc(-c3cc(-c4ccccc4)cc(-c4ccccc4)c3)c2O)c1.Cc1cc(-c2cc(-c3ccccc3)cc(-c3ccccc3)c2)c(O)c(-c2cc(F)ccc2[OH+][C@H](C)C[C@H](C)[OH+]c2ccc(F)cc2-c2cc(C)cc(-c3cc(-c4ccccc4)cc(-c4ccccc4)c3)c2O)c1.[CH3-].[CH3-].[Zr]. The molecule has 0 amide bonds. The molecule has 0 aliphatic carbocycles. The zero-order valence-corrected chi connectivity index (χ0v) is 87.3. The van der Waals surface area contributed by atoms with Crippen molar-refractivity contribution in [2.45, 2.75) is 100 Å². The van der Waals surface area contributed by atoms with Gasteiger partial charge in [0.25, 0.3) is 11.5 Å². The molecule has 0 saturated carbocycles. The summed E-state index contributed by atoms with van der Waals surface area (Å²) in [4.78, 5) is 0. The first-order chi connectivity index (χ1) is 70.9. The number of halogens is 4. The molecule has 748 valence electrons. The van der Waals surface area contributed by atoms with Gasteiger partial charge in [0.1, 0.15) is 64.2 Å². The molecule has 0 bridgehead atoms. The molecule has 0 radical (unpaired) electrons. The molecule has 0 heterocycles. The van der Waals surface area contributed by atoms with E-state index in [0.717, 1.165) is 134 Å². The van der Waals surface area contributed by atoms with E-state index in [2.05, 4.69) is 170 Å². The van der Waals surface area contributed by atoms with Crippen molar-refractivity contribution in [1.29, 1.82) is 0 Å². The van der Waals surface area contributed by atoms with Crippen molar-refractivity contribution in [3.05, 3.63) is 497 Å². The summed E-state index contributed by atoms with van der Waals surface area (Å²) in [5.41, 5.74) is 29.2. The summed E-state index contributed by atoms with van der Waals surface area (Å²) in [6.07, 6.45) is -0.645. The summed E-state index contributed by atoms with van der Waals surface area (Å²) < 4.78 is 84.8. The normalized spacial score (nSPS) is 11.7. The van der Waals surface area contributed by atoms with E-state index in [-0.39, 0.29) is 83.7 Å². The molecular weight excluding hydrogens is 1940 g/mol. The van der Waals surface area contributed by atoms with Gasteiger partial charge in [-0.3, -0.25) is 0 Å². The molecule has 6 N–H and O–H groups in total. The minimum Gasteiger partial charge on any atom is -0.580 e. The maximum Gasteiger partial charge on any atom is 0.263 e. The fourth-order valence-corrected chi connectivity index (χ4v) is 19.7. The van der Waals surface area contributed by atoms with Gasteiger partial charge in [0.05, 0.1) is 23.3 Å². The molecule has 4 atom stereocenters. The number of benzene rings is 20. The van der Waals surface area contributed by atoms with E-state index >= 15 is 17.6 Å². The van der Waals surface area contributed by atoms with E-state index in [1.807, 2.05) is 250 Å². The van der Waals surface area contributed by atoms with E-state index in [0.29, 0.717) is 103 Å². The molecule has 150 heavy (non-hydrogen) atoms. The number of ether oxygens (including phenoxy) is 4. The largest absolute Gasteiger partial charge is 0.580 e. The smallest absolute Gasteiger partial charge is 0.263 e. The van der Waals surface area contributed by atoms with Crippen LogP contribution >= 0.6 is 0 Å². The van der Waals surface area contributed by atoms with Gasteiger partial charge in [0, 0.05) is 114 Å². The quantitative estimate of drug-likeness (QED) is 0.0220. The molecule has 8 nitrogen and oxygen atoms in total. The Morgan fingerprint density at radius 1 is 0.207 bits per heavy atom. The van der Waals surface area contributed by atoms with Crippen molar-refractivity contribution in [2.24, 2.45) is 0 Å². The number of aliphatic hydroxyl groups is 2. The molecule has 0 unspecified atom stereocenters. The van der Waals surface area contributed by atoms with Crippen LogP contribution in [0.5, 0.6) is 46.0 Å². The first-order valence-electron chi connectivity index (χ1n) is 49.2. The zero-order chi connectivity index (χ0) is 101. The Morgan fingerprint density at radius 2 is 0.387 bits per heavy atom. The van der Waals surface area contributed by atoms with E-state index in [1.165, 1.54) is 48.5 Å². The van der Waals surface area contributed by atoms with Gasteiger partial charge >= 0.3 is 0 Å². The topological polar surface area (TPSA) is 125 Å². The van der Waals surface area contributed by atoms with E-state index in [1.54, 1.807) is 24.3 Å². The van der Waals surface area contributed by atoms with Crippen molar-refractivity contribution in [1.82, 2.24) is 0 Å². The minimum absolute atomic E-state index is 0. The monoisotopic (exact) mass is 2060 g/mol.